The van der Waals surface area contributed by atoms with E-state index in [2.05, 4.69) is 32.5 Å². The van der Waals surface area contributed by atoms with Crippen LogP contribution >= 0.6 is 27.3 Å². The van der Waals surface area contributed by atoms with E-state index in [0.29, 0.717) is 6.54 Å². The molecule has 0 radical (unpaired) electrons. The van der Waals surface area contributed by atoms with Crippen molar-refractivity contribution in [3.8, 4) is 0 Å². The lowest BCUT2D eigenvalue weighted by atomic mass is 10.2. The van der Waals surface area contributed by atoms with E-state index in [4.69, 9.17) is 5.73 Å². The zero-order chi connectivity index (χ0) is 10.8. The fourth-order valence-corrected chi connectivity index (χ4v) is 3.02. The van der Waals surface area contributed by atoms with Gasteiger partial charge in [-0.25, -0.2) is 0 Å². The van der Waals surface area contributed by atoms with Crippen LogP contribution in [0.1, 0.15) is 16.6 Å². The number of thiophene rings is 1. The van der Waals surface area contributed by atoms with Crippen LogP contribution in [0.3, 0.4) is 0 Å². The minimum absolute atomic E-state index is 0.148. The molecule has 80 valence electrons. The molecule has 1 atom stereocenters. The molecule has 0 fully saturated rings. The van der Waals surface area contributed by atoms with Crippen molar-refractivity contribution in [1.29, 1.82) is 0 Å². The third-order valence-electron chi connectivity index (χ3n) is 2.20. The Kier molecular flexibility index (Phi) is 3.23. The third-order valence-corrected chi connectivity index (χ3v) is 4.00. The molecule has 0 saturated carbocycles. The Labute approximate surface area is 101 Å². The lowest BCUT2D eigenvalue weighted by Crippen LogP contribution is -2.20. The van der Waals surface area contributed by atoms with Crippen molar-refractivity contribution in [2.75, 3.05) is 6.54 Å². The van der Waals surface area contributed by atoms with Crippen molar-refractivity contribution in [3.05, 3.63) is 38.8 Å². The van der Waals surface area contributed by atoms with E-state index in [1.807, 2.05) is 23.9 Å². The molecule has 2 aromatic heterocycles. The third kappa shape index (κ3) is 2.30. The molecule has 0 aliphatic rings. The molecule has 0 spiro atoms. The number of halogens is 1. The highest BCUT2D eigenvalue weighted by Crippen LogP contribution is 2.27. The van der Waals surface area contributed by atoms with Crippen LogP contribution in [0, 0.1) is 6.92 Å². The summed E-state index contributed by atoms with van der Waals surface area (Å²) in [5.74, 6) is 0. The smallest absolute Gasteiger partial charge is 0.0982 e. The Bertz CT molecular complexity index is 409. The Balaban J connectivity index is 2.32. The van der Waals surface area contributed by atoms with Crippen LogP contribution in [0.5, 0.6) is 0 Å². The van der Waals surface area contributed by atoms with Crippen molar-refractivity contribution in [2.45, 2.75) is 13.0 Å². The van der Waals surface area contributed by atoms with Gasteiger partial charge in [0.15, 0.2) is 0 Å². The molecular weight excluding hydrogens is 274 g/mol. The van der Waals surface area contributed by atoms with Gasteiger partial charge in [0, 0.05) is 27.5 Å². The van der Waals surface area contributed by atoms with Gasteiger partial charge in [-0.1, -0.05) is 0 Å². The maximum atomic E-state index is 5.79. The van der Waals surface area contributed by atoms with E-state index >= 15 is 0 Å². The van der Waals surface area contributed by atoms with Gasteiger partial charge in [-0.05, 0) is 35.0 Å². The second-order valence-corrected chi connectivity index (χ2v) is 5.21. The predicted octanol–water partition coefficient (Wildman–Crippen LogP) is 2.56. The molecule has 15 heavy (non-hydrogen) atoms. The van der Waals surface area contributed by atoms with Gasteiger partial charge in [0.1, 0.15) is 0 Å². The summed E-state index contributed by atoms with van der Waals surface area (Å²) < 4.78 is 3.03. The van der Waals surface area contributed by atoms with Gasteiger partial charge in [-0.3, -0.25) is 4.68 Å². The number of aromatic nitrogens is 2. The summed E-state index contributed by atoms with van der Waals surface area (Å²) in [4.78, 5) is 1.23. The predicted molar refractivity (Wildman–Crippen MR) is 66.2 cm³/mol. The lowest BCUT2D eigenvalue weighted by molar-refractivity contribution is 0.536. The summed E-state index contributed by atoms with van der Waals surface area (Å²) in [6, 6.07) is 4.24. The number of nitrogens with zero attached hydrogens (tertiary/aromatic N) is 2. The van der Waals surface area contributed by atoms with E-state index in [1.54, 1.807) is 11.3 Å². The molecule has 0 bridgehead atoms. The summed E-state index contributed by atoms with van der Waals surface area (Å²) in [7, 11) is 0. The van der Waals surface area contributed by atoms with Crippen LogP contribution in [0.25, 0.3) is 0 Å². The van der Waals surface area contributed by atoms with Gasteiger partial charge < -0.3 is 5.73 Å². The molecule has 0 aliphatic carbocycles. The average Bonchev–Trinajstić information content (AvgIpc) is 2.78. The van der Waals surface area contributed by atoms with Crippen molar-refractivity contribution >= 4 is 27.3 Å². The Morgan fingerprint density at radius 1 is 1.67 bits per heavy atom. The molecule has 5 heteroatoms. The van der Waals surface area contributed by atoms with Crippen molar-refractivity contribution < 1.29 is 0 Å². The Hall–Kier alpha value is -0.650. The monoisotopic (exact) mass is 285 g/mol. The molecule has 1 unspecified atom stereocenters. The molecule has 2 heterocycles. The van der Waals surface area contributed by atoms with Crippen molar-refractivity contribution in [2.24, 2.45) is 5.73 Å². The van der Waals surface area contributed by atoms with Crippen LogP contribution in [-0.4, -0.2) is 16.3 Å². The van der Waals surface area contributed by atoms with E-state index in [0.717, 1.165) is 10.2 Å². The van der Waals surface area contributed by atoms with E-state index in [-0.39, 0.29) is 6.04 Å². The van der Waals surface area contributed by atoms with Gasteiger partial charge >= 0.3 is 0 Å². The maximum absolute atomic E-state index is 5.79. The number of hydrogen-bond acceptors (Lipinski definition) is 3. The normalized spacial score (nSPS) is 13.0. The quantitative estimate of drug-likeness (QED) is 0.942. The second kappa shape index (κ2) is 4.47. The molecular formula is C10H12BrN3S. The van der Waals surface area contributed by atoms with Gasteiger partial charge in [0.2, 0.25) is 0 Å². The summed E-state index contributed by atoms with van der Waals surface area (Å²) in [5.41, 5.74) is 6.80. The average molecular weight is 286 g/mol. The maximum Gasteiger partial charge on any atom is 0.0982 e. The minimum Gasteiger partial charge on any atom is -0.328 e. The van der Waals surface area contributed by atoms with Crippen LogP contribution < -0.4 is 5.73 Å². The number of rotatable bonds is 3. The molecule has 0 amide bonds. The molecule has 0 aromatic carbocycles. The van der Waals surface area contributed by atoms with Crippen LogP contribution in [0.15, 0.2) is 28.2 Å². The summed E-state index contributed by atoms with van der Waals surface area (Å²) >= 11 is 5.15. The topological polar surface area (TPSA) is 43.8 Å². The van der Waals surface area contributed by atoms with E-state index in [1.165, 1.54) is 4.88 Å². The van der Waals surface area contributed by atoms with Crippen LogP contribution in [0.2, 0.25) is 0 Å². The number of hydrogen-bond donors (Lipinski definition) is 1. The highest BCUT2D eigenvalue weighted by Gasteiger charge is 2.14. The molecule has 0 saturated heterocycles. The van der Waals surface area contributed by atoms with Gasteiger partial charge in [-0.15, -0.1) is 11.3 Å². The van der Waals surface area contributed by atoms with Crippen LogP contribution in [-0.2, 0) is 0 Å². The largest absolute Gasteiger partial charge is 0.328 e. The summed E-state index contributed by atoms with van der Waals surface area (Å²) in [6.07, 6.45) is 1.97. The zero-order valence-corrected chi connectivity index (χ0v) is 10.8. The van der Waals surface area contributed by atoms with Gasteiger partial charge in [-0.2, -0.15) is 5.10 Å². The molecule has 2 rings (SSSR count). The molecule has 2 aromatic rings. The fourth-order valence-electron chi connectivity index (χ4n) is 1.46. The first-order valence-electron chi connectivity index (χ1n) is 4.66. The van der Waals surface area contributed by atoms with E-state index < -0.39 is 0 Å². The number of nitrogens with two attached hydrogens (primary N) is 1. The van der Waals surface area contributed by atoms with Crippen LogP contribution in [0.4, 0.5) is 0 Å². The Morgan fingerprint density at radius 2 is 2.47 bits per heavy atom. The van der Waals surface area contributed by atoms with Crippen molar-refractivity contribution in [1.82, 2.24) is 9.78 Å². The highest BCUT2D eigenvalue weighted by atomic mass is 79.9. The SMILES string of the molecule is Cc1ccn(C(CN)c2cc(Br)cs2)n1. The fraction of sp³-hybridized carbons (Fsp3) is 0.300. The Morgan fingerprint density at radius 3 is 2.93 bits per heavy atom. The first-order valence-corrected chi connectivity index (χ1v) is 6.33. The highest BCUT2D eigenvalue weighted by molar-refractivity contribution is 9.10. The second-order valence-electron chi connectivity index (χ2n) is 3.36. The molecule has 0 aliphatic heterocycles. The molecule has 3 nitrogen and oxygen atoms in total. The minimum atomic E-state index is 0.148. The van der Waals surface area contributed by atoms with Gasteiger partial charge in [0.05, 0.1) is 11.7 Å². The molecule has 2 N–H and O–H groups in total. The summed E-state index contributed by atoms with van der Waals surface area (Å²) in [6.45, 7) is 2.54. The first kappa shape index (κ1) is 10.9. The van der Waals surface area contributed by atoms with E-state index in [9.17, 15) is 0 Å². The standard InChI is InChI=1S/C10H12BrN3S/c1-7-2-3-14(13-7)9(5-12)10-4-8(11)6-15-10/h2-4,6,9H,5,12H2,1H3. The first-order chi connectivity index (χ1) is 7.20. The zero-order valence-electron chi connectivity index (χ0n) is 8.35. The lowest BCUT2D eigenvalue weighted by Gasteiger charge is -2.13. The van der Waals surface area contributed by atoms with Gasteiger partial charge in [0.25, 0.3) is 0 Å². The number of aryl methyl sites for hydroxylation is 1. The summed E-state index contributed by atoms with van der Waals surface area (Å²) in [5, 5.41) is 6.46. The van der Waals surface area contributed by atoms with Crippen molar-refractivity contribution in [3.63, 3.8) is 0 Å².